The van der Waals surface area contributed by atoms with Crippen LogP contribution in [0, 0.1) is 5.82 Å². The lowest BCUT2D eigenvalue weighted by Gasteiger charge is -2.07. The lowest BCUT2D eigenvalue weighted by molar-refractivity contribution is 0.0992. The van der Waals surface area contributed by atoms with Crippen molar-refractivity contribution in [1.82, 2.24) is 9.78 Å². The summed E-state index contributed by atoms with van der Waals surface area (Å²) in [5, 5.41) is 7.66. The molecule has 164 valence electrons. The molecular formula is C22H15Cl3FN3O3. The summed E-state index contributed by atoms with van der Waals surface area (Å²) >= 11 is 18.2. The fourth-order valence-corrected chi connectivity index (χ4v) is 3.40. The van der Waals surface area contributed by atoms with E-state index in [1.165, 1.54) is 23.0 Å². The number of carbonyl (C=O) groups excluding carboxylic acids is 1. The molecule has 0 saturated heterocycles. The monoisotopic (exact) mass is 493 g/mol. The van der Waals surface area contributed by atoms with Gasteiger partial charge in [0, 0.05) is 11.8 Å². The SMILES string of the molecule is O=C(Nc1nn(Cc2ccccc2F)cc1Cl)c1ccc(COc2cccc(Cl)c2Cl)o1. The number of aromatic nitrogens is 2. The first kappa shape index (κ1) is 22.2. The van der Waals surface area contributed by atoms with Gasteiger partial charge in [-0.1, -0.05) is 59.1 Å². The molecule has 0 saturated carbocycles. The molecule has 4 rings (SSSR count). The first-order chi connectivity index (χ1) is 15.4. The number of nitrogens with zero attached hydrogens (tertiary/aromatic N) is 2. The van der Waals surface area contributed by atoms with Crippen LogP contribution < -0.4 is 10.1 Å². The molecule has 0 unspecified atom stereocenters. The number of ether oxygens (including phenoxy) is 1. The summed E-state index contributed by atoms with van der Waals surface area (Å²) in [6.45, 7) is 0.210. The van der Waals surface area contributed by atoms with E-state index in [-0.39, 0.29) is 35.6 Å². The summed E-state index contributed by atoms with van der Waals surface area (Å²) in [6.07, 6.45) is 1.50. The molecule has 10 heteroatoms. The van der Waals surface area contributed by atoms with E-state index in [0.717, 1.165) is 0 Å². The second-order valence-electron chi connectivity index (χ2n) is 6.68. The van der Waals surface area contributed by atoms with Crippen molar-refractivity contribution in [2.24, 2.45) is 0 Å². The lowest BCUT2D eigenvalue weighted by Crippen LogP contribution is -2.12. The Morgan fingerprint density at radius 3 is 2.69 bits per heavy atom. The van der Waals surface area contributed by atoms with Crippen molar-refractivity contribution < 1.29 is 18.3 Å². The molecule has 0 atom stereocenters. The first-order valence-electron chi connectivity index (χ1n) is 9.34. The Hall–Kier alpha value is -3.00. The number of furan rings is 1. The van der Waals surface area contributed by atoms with Crippen molar-refractivity contribution in [3.05, 3.63) is 98.8 Å². The predicted octanol–water partition coefficient (Wildman–Crippen LogP) is 6.46. The van der Waals surface area contributed by atoms with E-state index in [2.05, 4.69) is 10.4 Å². The first-order valence-corrected chi connectivity index (χ1v) is 10.5. The zero-order valence-electron chi connectivity index (χ0n) is 16.3. The van der Waals surface area contributed by atoms with Crippen molar-refractivity contribution in [2.45, 2.75) is 13.2 Å². The number of hydrogen-bond acceptors (Lipinski definition) is 4. The van der Waals surface area contributed by atoms with Crippen molar-refractivity contribution in [3.63, 3.8) is 0 Å². The maximum Gasteiger partial charge on any atom is 0.292 e. The van der Waals surface area contributed by atoms with Crippen LogP contribution in [-0.2, 0) is 13.2 Å². The van der Waals surface area contributed by atoms with Gasteiger partial charge in [0.25, 0.3) is 5.91 Å². The molecule has 2 heterocycles. The average molecular weight is 495 g/mol. The minimum Gasteiger partial charge on any atom is -0.484 e. The fourth-order valence-electron chi connectivity index (χ4n) is 2.85. The van der Waals surface area contributed by atoms with E-state index in [4.69, 9.17) is 44.0 Å². The van der Waals surface area contributed by atoms with Gasteiger partial charge in [0.2, 0.25) is 0 Å². The van der Waals surface area contributed by atoms with Gasteiger partial charge in [-0.15, -0.1) is 0 Å². The van der Waals surface area contributed by atoms with Crippen LogP contribution in [-0.4, -0.2) is 15.7 Å². The van der Waals surface area contributed by atoms with Crippen LogP contribution in [0.1, 0.15) is 21.9 Å². The van der Waals surface area contributed by atoms with Crippen LogP contribution in [0.5, 0.6) is 5.75 Å². The summed E-state index contributed by atoms with van der Waals surface area (Å²) in [6, 6.07) is 14.5. The maximum atomic E-state index is 13.8. The smallest absolute Gasteiger partial charge is 0.292 e. The molecule has 1 amide bonds. The molecule has 0 bridgehead atoms. The third kappa shape index (κ3) is 5.07. The van der Waals surface area contributed by atoms with Crippen molar-refractivity contribution >= 4 is 46.5 Å². The highest BCUT2D eigenvalue weighted by molar-refractivity contribution is 6.42. The second kappa shape index (κ2) is 9.65. The van der Waals surface area contributed by atoms with E-state index in [9.17, 15) is 9.18 Å². The molecule has 2 aromatic carbocycles. The van der Waals surface area contributed by atoms with Gasteiger partial charge in [-0.3, -0.25) is 9.48 Å². The van der Waals surface area contributed by atoms with Crippen LogP contribution in [0.2, 0.25) is 15.1 Å². The topological polar surface area (TPSA) is 69.3 Å². The highest BCUT2D eigenvalue weighted by Crippen LogP contribution is 2.32. The molecule has 0 aliphatic carbocycles. The molecule has 0 spiro atoms. The van der Waals surface area contributed by atoms with Gasteiger partial charge in [0.1, 0.15) is 34.0 Å². The van der Waals surface area contributed by atoms with Gasteiger partial charge in [0.05, 0.1) is 11.6 Å². The third-order valence-corrected chi connectivity index (χ3v) is 5.49. The molecular weight excluding hydrogens is 480 g/mol. The van der Waals surface area contributed by atoms with Crippen molar-refractivity contribution in [3.8, 4) is 5.75 Å². The minimum absolute atomic E-state index is 0.0421. The quantitative estimate of drug-likeness (QED) is 0.320. The van der Waals surface area contributed by atoms with Gasteiger partial charge in [-0.2, -0.15) is 5.10 Å². The number of benzene rings is 2. The zero-order valence-corrected chi connectivity index (χ0v) is 18.6. The molecule has 0 fully saturated rings. The van der Waals surface area contributed by atoms with E-state index in [1.54, 1.807) is 42.5 Å². The van der Waals surface area contributed by atoms with Crippen LogP contribution in [0.25, 0.3) is 0 Å². The Bertz CT molecular complexity index is 1270. The van der Waals surface area contributed by atoms with Crippen molar-refractivity contribution in [1.29, 1.82) is 0 Å². The van der Waals surface area contributed by atoms with Gasteiger partial charge in [0.15, 0.2) is 11.6 Å². The van der Waals surface area contributed by atoms with Crippen molar-refractivity contribution in [2.75, 3.05) is 5.32 Å². The zero-order chi connectivity index (χ0) is 22.7. The maximum absolute atomic E-state index is 13.8. The number of halogens is 4. The molecule has 2 aromatic heterocycles. The Balaban J connectivity index is 1.39. The number of carbonyl (C=O) groups is 1. The van der Waals surface area contributed by atoms with Crippen LogP contribution >= 0.6 is 34.8 Å². The number of hydrogen-bond donors (Lipinski definition) is 1. The number of rotatable bonds is 7. The fraction of sp³-hybridized carbons (Fsp3) is 0.0909. The number of amides is 1. The Morgan fingerprint density at radius 2 is 1.88 bits per heavy atom. The van der Waals surface area contributed by atoms with E-state index >= 15 is 0 Å². The van der Waals surface area contributed by atoms with E-state index in [0.29, 0.717) is 27.1 Å². The van der Waals surface area contributed by atoms with Gasteiger partial charge < -0.3 is 14.5 Å². The van der Waals surface area contributed by atoms with E-state index < -0.39 is 5.91 Å². The average Bonchev–Trinajstić information content (AvgIpc) is 3.38. The Kier molecular flexibility index (Phi) is 6.69. The standard InChI is InChI=1S/C22H15Cl3FN3O3/c23-15-5-3-7-18(20(15)25)31-12-14-8-9-19(32-14)22(30)27-21-16(24)11-29(28-21)10-13-4-1-2-6-17(13)26/h1-9,11H,10,12H2,(H,27,28,30). The summed E-state index contributed by atoms with van der Waals surface area (Å²) in [7, 11) is 0. The highest BCUT2D eigenvalue weighted by Gasteiger charge is 2.17. The Labute approximate surface area is 197 Å². The third-order valence-electron chi connectivity index (χ3n) is 4.41. The molecule has 4 aromatic rings. The number of nitrogens with one attached hydrogen (secondary N) is 1. The van der Waals surface area contributed by atoms with Crippen LogP contribution in [0.3, 0.4) is 0 Å². The molecule has 0 radical (unpaired) electrons. The Morgan fingerprint density at radius 1 is 1.06 bits per heavy atom. The summed E-state index contributed by atoms with van der Waals surface area (Å²) in [5.74, 6) is 0.0775. The molecule has 32 heavy (non-hydrogen) atoms. The molecule has 6 nitrogen and oxygen atoms in total. The number of anilines is 1. The summed E-state index contributed by atoms with van der Waals surface area (Å²) < 4.78 is 26.4. The van der Waals surface area contributed by atoms with Crippen LogP contribution in [0.4, 0.5) is 10.2 Å². The molecule has 0 aliphatic heterocycles. The minimum atomic E-state index is -0.546. The highest BCUT2D eigenvalue weighted by atomic mass is 35.5. The second-order valence-corrected chi connectivity index (χ2v) is 7.87. The van der Waals surface area contributed by atoms with Gasteiger partial charge in [-0.25, -0.2) is 4.39 Å². The molecule has 0 aliphatic rings. The summed E-state index contributed by atoms with van der Waals surface area (Å²) in [4.78, 5) is 12.5. The summed E-state index contributed by atoms with van der Waals surface area (Å²) in [5.41, 5.74) is 0.444. The van der Waals surface area contributed by atoms with Gasteiger partial charge >= 0.3 is 0 Å². The van der Waals surface area contributed by atoms with Gasteiger partial charge in [-0.05, 0) is 30.3 Å². The van der Waals surface area contributed by atoms with Crippen LogP contribution in [0.15, 0.2) is 65.2 Å². The van der Waals surface area contributed by atoms with E-state index in [1.807, 2.05) is 0 Å². The lowest BCUT2D eigenvalue weighted by atomic mass is 10.2. The normalized spacial score (nSPS) is 10.9. The molecule has 1 N–H and O–H groups in total. The largest absolute Gasteiger partial charge is 0.484 e. The predicted molar refractivity (Wildman–Crippen MR) is 120 cm³/mol.